The maximum Gasteiger partial charge on any atom is 0.412 e. The lowest BCUT2D eigenvalue weighted by Crippen LogP contribution is -2.28. The van der Waals surface area contributed by atoms with Gasteiger partial charge >= 0.3 is 12.1 Å². The maximum atomic E-state index is 11.7. The fourth-order valence-electron chi connectivity index (χ4n) is 1.29. The van der Waals surface area contributed by atoms with Crippen molar-refractivity contribution >= 4 is 56.9 Å². The Morgan fingerprint density at radius 1 is 1.35 bits per heavy atom. The minimum absolute atomic E-state index is 0.0132. The average molecular weight is 385 g/mol. The maximum absolute atomic E-state index is 11.7. The number of halogens is 3. The van der Waals surface area contributed by atoms with Crippen LogP contribution in [0.1, 0.15) is 31.1 Å². The zero-order valence-corrected chi connectivity index (χ0v) is 14.0. The van der Waals surface area contributed by atoms with Crippen molar-refractivity contribution in [2.45, 2.75) is 26.4 Å². The SMILES string of the molecule is CC(C)(C)OC(=O)Nc1c(C(=O)O)cc(Cl)c(Br)c1Cl. The number of nitrogens with one attached hydrogen (secondary N) is 1. The van der Waals surface area contributed by atoms with Gasteiger partial charge in [0.2, 0.25) is 0 Å². The van der Waals surface area contributed by atoms with Gasteiger partial charge in [0.15, 0.2) is 0 Å². The van der Waals surface area contributed by atoms with Crippen LogP contribution in [-0.4, -0.2) is 22.8 Å². The van der Waals surface area contributed by atoms with Gasteiger partial charge in [-0.2, -0.15) is 0 Å². The van der Waals surface area contributed by atoms with Crippen LogP contribution in [0.2, 0.25) is 10.0 Å². The number of carboxylic acid groups (broad SMARTS) is 1. The fraction of sp³-hybridized carbons (Fsp3) is 0.333. The summed E-state index contributed by atoms with van der Waals surface area (Å²) in [6, 6.07) is 1.19. The fourth-order valence-corrected chi connectivity index (χ4v) is 2.11. The first-order valence-electron chi connectivity index (χ1n) is 5.43. The van der Waals surface area contributed by atoms with E-state index in [1.54, 1.807) is 20.8 Å². The second-order valence-electron chi connectivity index (χ2n) is 4.84. The smallest absolute Gasteiger partial charge is 0.412 e. The van der Waals surface area contributed by atoms with Gasteiger partial charge in [0.25, 0.3) is 0 Å². The third kappa shape index (κ3) is 4.26. The molecular formula is C12H12BrCl2NO4. The summed E-state index contributed by atoms with van der Waals surface area (Å²) in [6.07, 6.45) is -0.809. The number of rotatable bonds is 2. The van der Waals surface area contributed by atoms with Crippen molar-refractivity contribution < 1.29 is 19.4 Å². The number of benzene rings is 1. The van der Waals surface area contributed by atoms with Gasteiger partial charge in [-0.15, -0.1) is 0 Å². The molecule has 8 heteroatoms. The molecule has 0 aliphatic rings. The number of aromatic carboxylic acids is 1. The van der Waals surface area contributed by atoms with E-state index in [0.717, 1.165) is 0 Å². The topological polar surface area (TPSA) is 75.6 Å². The molecule has 20 heavy (non-hydrogen) atoms. The molecule has 0 aliphatic carbocycles. The summed E-state index contributed by atoms with van der Waals surface area (Å²) in [4.78, 5) is 22.9. The van der Waals surface area contributed by atoms with Gasteiger partial charge in [-0.3, -0.25) is 5.32 Å². The second kappa shape index (κ2) is 6.20. The largest absolute Gasteiger partial charge is 0.478 e. The average Bonchev–Trinajstić information content (AvgIpc) is 2.27. The van der Waals surface area contributed by atoms with Crippen molar-refractivity contribution in [1.29, 1.82) is 0 Å². The molecule has 2 N–H and O–H groups in total. The van der Waals surface area contributed by atoms with Gasteiger partial charge in [-0.05, 0) is 42.8 Å². The van der Waals surface area contributed by atoms with Crippen LogP contribution in [0, 0.1) is 0 Å². The van der Waals surface area contributed by atoms with Gasteiger partial charge in [0.1, 0.15) is 5.60 Å². The number of carbonyl (C=O) groups excluding carboxylic acids is 1. The number of carbonyl (C=O) groups is 2. The highest BCUT2D eigenvalue weighted by Crippen LogP contribution is 2.39. The first kappa shape index (κ1) is 17.1. The summed E-state index contributed by atoms with van der Waals surface area (Å²) < 4.78 is 5.34. The summed E-state index contributed by atoms with van der Waals surface area (Å²) >= 11 is 15.0. The number of carboxylic acids is 1. The summed E-state index contributed by atoms with van der Waals surface area (Å²) in [5.74, 6) is -1.27. The van der Waals surface area contributed by atoms with Crippen LogP contribution in [0.5, 0.6) is 0 Å². The number of hydrogen-bond acceptors (Lipinski definition) is 3. The van der Waals surface area contributed by atoms with Crippen molar-refractivity contribution in [2.24, 2.45) is 0 Å². The second-order valence-corrected chi connectivity index (χ2v) is 6.42. The Morgan fingerprint density at radius 2 is 1.90 bits per heavy atom. The molecule has 0 aromatic heterocycles. The predicted octanol–water partition coefficient (Wildman–Crippen LogP) is 4.80. The number of hydrogen-bond donors (Lipinski definition) is 2. The molecule has 0 saturated carbocycles. The number of amides is 1. The van der Waals surface area contributed by atoms with Gasteiger partial charge in [-0.25, -0.2) is 9.59 Å². The minimum atomic E-state index is -1.27. The third-order valence-electron chi connectivity index (χ3n) is 2.02. The van der Waals surface area contributed by atoms with E-state index >= 15 is 0 Å². The van der Waals surface area contributed by atoms with Crippen molar-refractivity contribution in [3.05, 3.63) is 26.1 Å². The summed E-state index contributed by atoms with van der Waals surface area (Å²) in [5, 5.41) is 11.6. The molecule has 0 heterocycles. The molecule has 5 nitrogen and oxygen atoms in total. The molecule has 0 bridgehead atoms. The Morgan fingerprint density at radius 3 is 2.35 bits per heavy atom. The monoisotopic (exact) mass is 383 g/mol. The molecule has 1 aromatic carbocycles. The van der Waals surface area contributed by atoms with E-state index in [9.17, 15) is 9.59 Å². The highest BCUT2D eigenvalue weighted by molar-refractivity contribution is 9.10. The highest BCUT2D eigenvalue weighted by Gasteiger charge is 2.23. The summed E-state index contributed by atoms with van der Waals surface area (Å²) in [5.41, 5.74) is -1.03. The van der Waals surface area contributed by atoms with Gasteiger partial charge in [-0.1, -0.05) is 23.2 Å². The highest BCUT2D eigenvalue weighted by atomic mass is 79.9. The van der Waals surface area contributed by atoms with E-state index in [1.165, 1.54) is 6.07 Å². The van der Waals surface area contributed by atoms with E-state index in [4.69, 9.17) is 33.0 Å². The van der Waals surface area contributed by atoms with E-state index < -0.39 is 17.7 Å². The number of ether oxygens (including phenoxy) is 1. The van der Waals surface area contributed by atoms with Gasteiger partial charge in [0, 0.05) is 0 Å². The van der Waals surface area contributed by atoms with Crippen LogP contribution in [0.4, 0.5) is 10.5 Å². The van der Waals surface area contributed by atoms with E-state index in [0.29, 0.717) is 0 Å². The zero-order chi connectivity index (χ0) is 15.7. The van der Waals surface area contributed by atoms with Crippen molar-refractivity contribution in [3.63, 3.8) is 0 Å². The minimum Gasteiger partial charge on any atom is -0.478 e. The molecule has 0 saturated heterocycles. The molecule has 0 radical (unpaired) electrons. The zero-order valence-electron chi connectivity index (χ0n) is 10.9. The van der Waals surface area contributed by atoms with Gasteiger partial charge in [0.05, 0.1) is 25.8 Å². The first-order chi connectivity index (χ1) is 9.03. The Bertz CT molecular complexity index is 570. The van der Waals surface area contributed by atoms with Gasteiger partial charge < -0.3 is 9.84 Å². The Balaban J connectivity index is 3.20. The molecule has 0 spiro atoms. The van der Waals surface area contributed by atoms with Crippen LogP contribution in [0.25, 0.3) is 0 Å². The normalized spacial score (nSPS) is 11.1. The molecule has 0 atom stereocenters. The third-order valence-corrected chi connectivity index (χ3v) is 3.97. The lowest BCUT2D eigenvalue weighted by atomic mass is 10.1. The van der Waals surface area contributed by atoms with E-state index in [-0.39, 0.29) is 25.8 Å². The summed E-state index contributed by atoms with van der Waals surface area (Å²) in [7, 11) is 0. The summed E-state index contributed by atoms with van der Waals surface area (Å²) in [6.45, 7) is 5.05. The Kier molecular flexibility index (Phi) is 5.29. The standard InChI is InChI=1S/C12H12BrCl2NO4/c1-12(2,3)20-11(19)16-9-5(10(17)18)4-6(14)7(13)8(9)15/h4H,1-3H3,(H,16,19)(H,17,18). The van der Waals surface area contributed by atoms with Crippen molar-refractivity contribution in [1.82, 2.24) is 0 Å². The quantitative estimate of drug-likeness (QED) is 0.718. The van der Waals surface area contributed by atoms with Crippen LogP contribution in [-0.2, 0) is 4.74 Å². The van der Waals surface area contributed by atoms with Crippen LogP contribution in [0.15, 0.2) is 10.5 Å². The molecular weight excluding hydrogens is 373 g/mol. The lowest BCUT2D eigenvalue weighted by Gasteiger charge is -2.20. The molecule has 0 fully saturated rings. The van der Waals surface area contributed by atoms with Crippen LogP contribution in [0.3, 0.4) is 0 Å². The predicted molar refractivity (Wildman–Crippen MR) is 81.0 cm³/mol. The molecule has 1 amide bonds. The van der Waals surface area contributed by atoms with Crippen LogP contribution >= 0.6 is 39.1 Å². The molecule has 0 aliphatic heterocycles. The van der Waals surface area contributed by atoms with Crippen molar-refractivity contribution in [3.8, 4) is 0 Å². The van der Waals surface area contributed by atoms with E-state index in [1.807, 2.05) is 0 Å². The molecule has 110 valence electrons. The first-order valence-corrected chi connectivity index (χ1v) is 6.98. The number of anilines is 1. The Labute approximate surface area is 134 Å². The molecule has 1 aromatic rings. The lowest BCUT2D eigenvalue weighted by molar-refractivity contribution is 0.0636. The Hall–Kier alpha value is -0.980. The van der Waals surface area contributed by atoms with Crippen molar-refractivity contribution in [2.75, 3.05) is 5.32 Å². The molecule has 1 rings (SSSR count). The van der Waals surface area contributed by atoms with E-state index in [2.05, 4.69) is 21.2 Å². The van der Waals surface area contributed by atoms with Crippen LogP contribution < -0.4 is 5.32 Å². The molecule has 0 unspecified atom stereocenters.